The van der Waals surface area contributed by atoms with Gasteiger partial charge < -0.3 is 10.0 Å². The van der Waals surface area contributed by atoms with Crippen molar-refractivity contribution >= 4 is 40.9 Å². The lowest BCUT2D eigenvalue weighted by atomic mass is 10.3. The summed E-state index contributed by atoms with van der Waals surface area (Å²) in [7, 11) is -1.12. The summed E-state index contributed by atoms with van der Waals surface area (Å²) < 4.78 is 13.6. The van der Waals surface area contributed by atoms with Crippen molar-refractivity contribution in [3.63, 3.8) is 0 Å². The number of rotatable bonds is 4. The molecule has 0 saturated carbocycles. The van der Waals surface area contributed by atoms with Crippen LogP contribution in [-0.4, -0.2) is 22.1 Å². The Bertz CT molecular complexity index is 382. The molecule has 0 aromatic heterocycles. The van der Waals surface area contributed by atoms with Gasteiger partial charge in [-0.1, -0.05) is 6.07 Å². The van der Waals surface area contributed by atoms with Crippen molar-refractivity contribution in [2.24, 2.45) is 0 Å². The molecule has 0 spiro atoms. The van der Waals surface area contributed by atoms with Crippen molar-refractivity contribution < 1.29 is 9.00 Å². The van der Waals surface area contributed by atoms with Gasteiger partial charge in [0, 0.05) is 17.6 Å². The summed E-state index contributed by atoms with van der Waals surface area (Å²) >= 11 is 3.85. The maximum atomic E-state index is 11.0. The highest BCUT2D eigenvalue weighted by molar-refractivity contribution is 7.85. The molecule has 1 atom stereocenters. The van der Waals surface area contributed by atoms with Crippen LogP contribution in [0.3, 0.4) is 0 Å². The molecule has 0 heterocycles. The van der Waals surface area contributed by atoms with E-state index in [1.54, 1.807) is 30.5 Å². The predicted octanol–water partition coefficient (Wildman–Crippen LogP) is 1.26. The van der Waals surface area contributed by atoms with Crippen LogP contribution in [0, 0.1) is 0 Å². The third-order valence-corrected chi connectivity index (χ3v) is 2.36. The van der Waals surface area contributed by atoms with Gasteiger partial charge in [-0.25, -0.2) is 4.21 Å². The van der Waals surface area contributed by atoms with Crippen LogP contribution < -0.4 is 10.0 Å². The van der Waals surface area contributed by atoms with Crippen LogP contribution >= 0.6 is 12.6 Å². The summed E-state index contributed by atoms with van der Waals surface area (Å²) in [6.45, 7) is 0. The first-order valence-corrected chi connectivity index (χ1v) is 6.41. The molecule has 0 aliphatic heterocycles. The number of amides is 1. The lowest BCUT2D eigenvalue weighted by Gasteiger charge is -2.06. The first-order valence-electron chi connectivity index (χ1n) is 4.22. The SMILES string of the molecule is CS(=O)Nc1cccc(NC(=O)CS)c1. The molecule has 4 nitrogen and oxygen atoms in total. The van der Waals surface area contributed by atoms with Gasteiger partial charge in [0.2, 0.25) is 5.91 Å². The van der Waals surface area contributed by atoms with Crippen LogP contribution in [0.15, 0.2) is 24.3 Å². The third kappa shape index (κ3) is 4.35. The fourth-order valence-electron chi connectivity index (χ4n) is 1.03. The Labute approximate surface area is 96.5 Å². The molecule has 0 fully saturated rings. The van der Waals surface area contributed by atoms with Crippen molar-refractivity contribution in [1.29, 1.82) is 0 Å². The molecule has 1 aromatic rings. The second kappa shape index (κ2) is 5.77. The summed E-state index contributed by atoms with van der Waals surface area (Å²) in [4.78, 5) is 11.0. The van der Waals surface area contributed by atoms with Crippen molar-refractivity contribution in [2.45, 2.75) is 0 Å². The van der Waals surface area contributed by atoms with E-state index in [4.69, 9.17) is 0 Å². The van der Waals surface area contributed by atoms with E-state index >= 15 is 0 Å². The minimum absolute atomic E-state index is 0.136. The van der Waals surface area contributed by atoms with Crippen molar-refractivity contribution in [2.75, 3.05) is 22.0 Å². The van der Waals surface area contributed by atoms with Gasteiger partial charge in [-0.05, 0) is 18.2 Å². The molecule has 2 N–H and O–H groups in total. The molecule has 0 bridgehead atoms. The van der Waals surface area contributed by atoms with E-state index in [2.05, 4.69) is 22.7 Å². The van der Waals surface area contributed by atoms with Crippen LogP contribution in [-0.2, 0) is 15.8 Å². The zero-order valence-corrected chi connectivity index (χ0v) is 9.90. The quantitative estimate of drug-likeness (QED) is 0.698. The molecule has 0 saturated heterocycles. The fourth-order valence-corrected chi connectivity index (χ4v) is 1.56. The smallest absolute Gasteiger partial charge is 0.234 e. The van der Waals surface area contributed by atoms with Crippen LogP contribution in [0.25, 0.3) is 0 Å². The highest BCUT2D eigenvalue weighted by Gasteiger charge is 2.00. The number of hydrogen-bond donors (Lipinski definition) is 3. The van der Waals surface area contributed by atoms with Crippen LogP contribution in [0.5, 0.6) is 0 Å². The van der Waals surface area contributed by atoms with Gasteiger partial charge in [-0.3, -0.25) is 4.79 Å². The van der Waals surface area contributed by atoms with Crippen LogP contribution in [0.1, 0.15) is 0 Å². The van der Waals surface area contributed by atoms with Gasteiger partial charge in [-0.2, -0.15) is 12.6 Å². The van der Waals surface area contributed by atoms with Gasteiger partial charge in [0.15, 0.2) is 0 Å². The summed E-state index contributed by atoms with van der Waals surface area (Å²) in [5.41, 5.74) is 1.36. The molecule has 1 amide bonds. The van der Waals surface area contributed by atoms with E-state index in [1.165, 1.54) is 0 Å². The average molecular weight is 244 g/mol. The van der Waals surface area contributed by atoms with Gasteiger partial charge in [0.25, 0.3) is 0 Å². The Balaban J connectivity index is 2.74. The van der Waals surface area contributed by atoms with Gasteiger partial charge in [0.05, 0.1) is 5.75 Å². The highest BCUT2D eigenvalue weighted by Crippen LogP contribution is 2.15. The number of benzene rings is 1. The molecule has 0 radical (unpaired) electrons. The normalized spacial score (nSPS) is 11.9. The van der Waals surface area contributed by atoms with E-state index in [9.17, 15) is 9.00 Å². The van der Waals surface area contributed by atoms with E-state index in [0.29, 0.717) is 11.4 Å². The fraction of sp³-hybridized carbons (Fsp3) is 0.222. The molecule has 82 valence electrons. The summed E-state index contributed by atoms with van der Waals surface area (Å²) in [6.07, 6.45) is 1.54. The second-order valence-electron chi connectivity index (χ2n) is 2.84. The zero-order chi connectivity index (χ0) is 11.3. The van der Waals surface area contributed by atoms with E-state index in [0.717, 1.165) is 0 Å². The molecule has 1 rings (SSSR count). The molecule has 0 aliphatic rings. The van der Waals surface area contributed by atoms with Crippen LogP contribution in [0.4, 0.5) is 11.4 Å². The number of carbonyl (C=O) groups is 1. The highest BCUT2D eigenvalue weighted by atomic mass is 32.2. The standard InChI is InChI=1S/C9H12N2O2S2/c1-15(13)11-8-4-2-3-7(5-8)10-9(12)6-14/h2-5,11,14H,6H2,1H3,(H,10,12). The van der Waals surface area contributed by atoms with E-state index in [1.807, 2.05) is 0 Å². The first-order chi connectivity index (χ1) is 7.11. The number of nitrogens with one attached hydrogen (secondary N) is 2. The van der Waals surface area contributed by atoms with Gasteiger partial charge in [0.1, 0.15) is 11.0 Å². The Morgan fingerprint density at radius 2 is 2.13 bits per heavy atom. The minimum Gasteiger partial charge on any atom is -0.325 e. The first kappa shape index (κ1) is 12.1. The lowest BCUT2D eigenvalue weighted by Crippen LogP contribution is -2.12. The maximum absolute atomic E-state index is 11.0. The number of thiol groups is 1. The van der Waals surface area contributed by atoms with E-state index < -0.39 is 11.0 Å². The number of carbonyl (C=O) groups excluding carboxylic acids is 1. The lowest BCUT2D eigenvalue weighted by molar-refractivity contribution is -0.113. The van der Waals surface area contributed by atoms with E-state index in [-0.39, 0.29) is 11.7 Å². The average Bonchev–Trinajstić information content (AvgIpc) is 2.17. The summed E-state index contributed by atoms with van der Waals surface area (Å²) in [6, 6.07) is 7.01. The Hall–Kier alpha value is -1.01. The molecule has 0 aliphatic carbocycles. The van der Waals surface area contributed by atoms with Crippen LogP contribution in [0.2, 0.25) is 0 Å². The molecule has 15 heavy (non-hydrogen) atoms. The Morgan fingerprint density at radius 3 is 2.73 bits per heavy atom. The predicted molar refractivity (Wildman–Crippen MR) is 66.6 cm³/mol. The molecule has 1 unspecified atom stereocenters. The van der Waals surface area contributed by atoms with Gasteiger partial charge in [-0.15, -0.1) is 0 Å². The monoisotopic (exact) mass is 244 g/mol. The molecular formula is C9H12N2O2S2. The number of hydrogen-bond acceptors (Lipinski definition) is 3. The molecule has 1 aromatic carbocycles. The maximum Gasteiger partial charge on any atom is 0.234 e. The number of anilines is 2. The second-order valence-corrected chi connectivity index (χ2v) is 4.27. The molecule has 6 heteroatoms. The Kier molecular flexibility index (Phi) is 4.64. The largest absolute Gasteiger partial charge is 0.325 e. The third-order valence-electron chi connectivity index (χ3n) is 1.55. The van der Waals surface area contributed by atoms with Gasteiger partial charge >= 0.3 is 0 Å². The zero-order valence-electron chi connectivity index (χ0n) is 8.19. The van der Waals surface area contributed by atoms with Crippen molar-refractivity contribution in [1.82, 2.24) is 0 Å². The minimum atomic E-state index is -1.12. The topological polar surface area (TPSA) is 58.2 Å². The van der Waals surface area contributed by atoms with Crippen molar-refractivity contribution in [3.8, 4) is 0 Å². The molecular weight excluding hydrogens is 232 g/mol. The Morgan fingerprint density at radius 1 is 1.47 bits per heavy atom. The summed E-state index contributed by atoms with van der Waals surface area (Å²) in [5.74, 6) is -0.0368. The summed E-state index contributed by atoms with van der Waals surface area (Å²) in [5, 5.41) is 2.65. The van der Waals surface area contributed by atoms with Crippen molar-refractivity contribution in [3.05, 3.63) is 24.3 Å².